The van der Waals surface area contributed by atoms with Crippen molar-refractivity contribution in [2.45, 2.75) is 31.5 Å². The number of nitrogens with one attached hydrogen (secondary N) is 1. The topological polar surface area (TPSA) is 32.6 Å². The van der Waals surface area contributed by atoms with Crippen molar-refractivity contribution < 1.29 is 0 Å². The minimum Gasteiger partial charge on any atom is -0.309 e. The van der Waals surface area contributed by atoms with Gasteiger partial charge in [0.1, 0.15) is 10.7 Å². The number of thioether (sulfide) groups is 1. The molecule has 0 bridgehead atoms. The van der Waals surface area contributed by atoms with Crippen molar-refractivity contribution in [1.29, 1.82) is 0 Å². The molecule has 0 aliphatic heterocycles. The van der Waals surface area contributed by atoms with Gasteiger partial charge in [0.25, 0.3) is 0 Å². The Bertz CT molecular complexity index is 548. The molecule has 0 aliphatic rings. The predicted molar refractivity (Wildman–Crippen MR) is 86.4 cm³/mol. The molecule has 110 valence electrons. The fourth-order valence-corrected chi connectivity index (χ4v) is 3.07. The van der Waals surface area contributed by atoms with Crippen LogP contribution in [0.15, 0.2) is 29.4 Å². The molecule has 20 heavy (non-hydrogen) atoms. The largest absolute Gasteiger partial charge is 0.309 e. The number of rotatable bonds is 7. The lowest BCUT2D eigenvalue weighted by Gasteiger charge is -2.11. The number of imidazole rings is 1. The Hall–Kier alpha value is -1.04. The SMILES string of the molecule is CC(C)NCc1c(SCCN(C)C)nc2ccccn12. The summed E-state index contributed by atoms with van der Waals surface area (Å²) in [5, 5.41) is 4.64. The van der Waals surface area contributed by atoms with Crippen LogP contribution in [0.25, 0.3) is 5.65 Å². The number of hydrogen-bond donors (Lipinski definition) is 1. The second-order valence-electron chi connectivity index (χ2n) is 5.48. The first-order valence-electron chi connectivity index (χ1n) is 7.05. The first-order valence-corrected chi connectivity index (χ1v) is 8.03. The molecule has 0 saturated carbocycles. The van der Waals surface area contributed by atoms with Crippen molar-refractivity contribution in [2.24, 2.45) is 0 Å². The Morgan fingerprint density at radius 3 is 2.85 bits per heavy atom. The zero-order valence-corrected chi connectivity index (χ0v) is 13.6. The van der Waals surface area contributed by atoms with Crippen molar-refractivity contribution >= 4 is 17.4 Å². The van der Waals surface area contributed by atoms with E-state index < -0.39 is 0 Å². The molecular formula is C15H24N4S. The first kappa shape index (κ1) is 15.4. The van der Waals surface area contributed by atoms with Crippen LogP contribution in [0.3, 0.4) is 0 Å². The molecule has 0 amide bonds. The zero-order valence-electron chi connectivity index (χ0n) is 12.8. The maximum Gasteiger partial charge on any atom is 0.138 e. The molecule has 0 fully saturated rings. The highest BCUT2D eigenvalue weighted by atomic mass is 32.2. The highest BCUT2D eigenvalue weighted by molar-refractivity contribution is 7.99. The third-order valence-corrected chi connectivity index (χ3v) is 4.03. The summed E-state index contributed by atoms with van der Waals surface area (Å²) in [6, 6.07) is 6.64. The number of nitrogens with zero attached hydrogens (tertiary/aromatic N) is 3. The van der Waals surface area contributed by atoms with E-state index in [0.717, 1.165) is 29.5 Å². The molecule has 4 nitrogen and oxygen atoms in total. The van der Waals surface area contributed by atoms with Crippen LogP contribution < -0.4 is 5.32 Å². The van der Waals surface area contributed by atoms with Crippen LogP contribution in [-0.2, 0) is 6.54 Å². The summed E-state index contributed by atoms with van der Waals surface area (Å²) in [4.78, 5) is 6.96. The minimum atomic E-state index is 0.476. The Balaban J connectivity index is 2.19. The molecule has 2 rings (SSSR count). The molecule has 1 N–H and O–H groups in total. The van der Waals surface area contributed by atoms with Gasteiger partial charge in [0, 0.05) is 31.1 Å². The van der Waals surface area contributed by atoms with Gasteiger partial charge < -0.3 is 14.6 Å². The van der Waals surface area contributed by atoms with E-state index in [0.29, 0.717) is 6.04 Å². The van der Waals surface area contributed by atoms with Gasteiger partial charge in [-0.05, 0) is 26.2 Å². The lowest BCUT2D eigenvalue weighted by Crippen LogP contribution is -2.23. The Morgan fingerprint density at radius 1 is 1.35 bits per heavy atom. The van der Waals surface area contributed by atoms with E-state index >= 15 is 0 Å². The number of fused-ring (bicyclic) bond motifs is 1. The highest BCUT2D eigenvalue weighted by Crippen LogP contribution is 2.23. The average molecular weight is 292 g/mol. The maximum absolute atomic E-state index is 4.75. The van der Waals surface area contributed by atoms with Crippen molar-refractivity contribution in [3.05, 3.63) is 30.1 Å². The molecular weight excluding hydrogens is 268 g/mol. The molecule has 0 radical (unpaired) electrons. The molecule has 0 saturated heterocycles. The van der Waals surface area contributed by atoms with Crippen molar-refractivity contribution in [2.75, 3.05) is 26.4 Å². The molecule has 2 aromatic heterocycles. The molecule has 2 heterocycles. The van der Waals surface area contributed by atoms with Crippen LogP contribution in [0.1, 0.15) is 19.5 Å². The van der Waals surface area contributed by atoms with E-state index in [1.54, 1.807) is 0 Å². The van der Waals surface area contributed by atoms with E-state index in [4.69, 9.17) is 4.98 Å². The van der Waals surface area contributed by atoms with Gasteiger partial charge in [-0.1, -0.05) is 19.9 Å². The fraction of sp³-hybridized carbons (Fsp3) is 0.533. The molecule has 0 aliphatic carbocycles. The van der Waals surface area contributed by atoms with Gasteiger partial charge in [-0.25, -0.2) is 4.98 Å². The summed E-state index contributed by atoms with van der Waals surface area (Å²) in [7, 11) is 4.21. The third kappa shape index (κ3) is 3.98. The quantitative estimate of drug-likeness (QED) is 0.795. The molecule has 0 aromatic carbocycles. The first-order chi connectivity index (χ1) is 9.58. The summed E-state index contributed by atoms with van der Waals surface area (Å²) in [5.74, 6) is 1.06. The summed E-state index contributed by atoms with van der Waals surface area (Å²) in [5.41, 5.74) is 2.29. The summed E-state index contributed by atoms with van der Waals surface area (Å²) in [6.45, 7) is 6.26. The third-order valence-electron chi connectivity index (χ3n) is 3.05. The lowest BCUT2D eigenvalue weighted by atomic mass is 10.3. The smallest absolute Gasteiger partial charge is 0.138 e. The van der Waals surface area contributed by atoms with Gasteiger partial charge in [0.05, 0.1) is 5.69 Å². The van der Waals surface area contributed by atoms with Gasteiger partial charge in [-0.3, -0.25) is 0 Å². The Labute approximate surface area is 125 Å². The van der Waals surface area contributed by atoms with E-state index in [1.807, 2.05) is 17.8 Å². The summed E-state index contributed by atoms with van der Waals surface area (Å²) in [6.07, 6.45) is 2.09. The normalized spacial score (nSPS) is 11.9. The van der Waals surface area contributed by atoms with Gasteiger partial charge in [0.2, 0.25) is 0 Å². The minimum absolute atomic E-state index is 0.476. The zero-order chi connectivity index (χ0) is 14.5. The van der Waals surface area contributed by atoms with Crippen molar-refractivity contribution in [1.82, 2.24) is 19.6 Å². The fourth-order valence-electron chi connectivity index (χ4n) is 1.93. The van der Waals surface area contributed by atoms with E-state index in [-0.39, 0.29) is 0 Å². The van der Waals surface area contributed by atoms with Gasteiger partial charge in [-0.2, -0.15) is 0 Å². The van der Waals surface area contributed by atoms with E-state index in [2.05, 4.69) is 60.9 Å². The standard InChI is InChI=1S/C15H24N4S/c1-12(2)16-11-13-15(20-10-9-18(3)4)17-14-7-5-6-8-19(13)14/h5-8,12,16H,9-11H2,1-4H3. The van der Waals surface area contributed by atoms with Crippen molar-refractivity contribution in [3.63, 3.8) is 0 Å². The second-order valence-corrected chi connectivity index (χ2v) is 6.56. The monoisotopic (exact) mass is 292 g/mol. The Kier molecular flexibility index (Phi) is 5.46. The van der Waals surface area contributed by atoms with E-state index in [1.165, 1.54) is 5.69 Å². The summed E-state index contributed by atoms with van der Waals surface area (Å²) < 4.78 is 2.19. The van der Waals surface area contributed by atoms with Crippen LogP contribution in [0, 0.1) is 0 Å². The van der Waals surface area contributed by atoms with E-state index in [9.17, 15) is 0 Å². The van der Waals surface area contributed by atoms with Crippen LogP contribution in [-0.4, -0.2) is 46.7 Å². The molecule has 0 unspecified atom stereocenters. The Morgan fingerprint density at radius 2 is 2.15 bits per heavy atom. The van der Waals surface area contributed by atoms with Gasteiger partial charge >= 0.3 is 0 Å². The number of pyridine rings is 1. The van der Waals surface area contributed by atoms with Crippen molar-refractivity contribution in [3.8, 4) is 0 Å². The van der Waals surface area contributed by atoms with Crippen LogP contribution in [0.4, 0.5) is 0 Å². The second kappa shape index (κ2) is 7.11. The average Bonchev–Trinajstić information content (AvgIpc) is 2.73. The van der Waals surface area contributed by atoms with Crippen LogP contribution in [0.5, 0.6) is 0 Å². The van der Waals surface area contributed by atoms with Crippen LogP contribution in [0.2, 0.25) is 0 Å². The number of aromatic nitrogens is 2. The molecule has 5 heteroatoms. The number of hydrogen-bond acceptors (Lipinski definition) is 4. The lowest BCUT2D eigenvalue weighted by molar-refractivity contribution is 0.437. The van der Waals surface area contributed by atoms with Gasteiger partial charge in [-0.15, -0.1) is 11.8 Å². The molecule has 0 spiro atoms. The molecule has 2 aromatic rings. The van der Waals surface area contributed by atoms with Gasteiger partial charge in [0.15, 0.2) is 0 Å². The summed E-state index contributed by atoms with van der Waals surface area (Å²) >= 11 is 1.84. The predicted octanol–water partition coefficient (Wildman–Crippen LogP) is 2.49. The highest BCUT2D eigenvalue weighted by Gasteiger charge is 2.12. The maximum atomic E-state index is 4.75. The molecule has 0 atom stereocenters. The van der Waals surface area contributed by atoms with Crippen LogP contribution >= 0.6 is 11.8 Å².